The lowest BCUT2D eigenvalue weighted by atomic mass is 10.1. The molecule has 2 aliphatic rings. The van der Waals surface area contributed by atoms with Crippen molar-refractivity contribution < 1.29 is 9.59 Å². The highest BCUT2D eigenvalue weighted by Crippen LogP contribution is 2.26. The predicted octanol–water partition coefficient (Wildman–Crippen LogP) is 2.83. The highest BCUT2D eigenvalue weighted by atomic mass is 79.9. The molecule has 5 nitrogen and oxygen atoms in total. The molecule has 0 spiro atoms. The van der Waals surface area contributed by atoms with Gasteiger partial charge in [-0.2, -0.15) is 0 Å². The zero-order valence-electron chi connectivity index (χ0n) is 16.0. The van der Waals surface area contributed by atoms with Gasteiger partial charge in [-0.3, -0.25) is 14.5 Å². The van der Waals surface area contributed by atoms with Gasteiger partial charge in [-0.05, 0) is 30.9 Å². The standard InChI is InChI=1S/C21H30BrN3O2/c22-19-8-4-3-5-17(19)9-10-20(26)23-11-12-24-13-15-25(16-14-24)21(27)18-6-1-2-7-18/h3-5,8,18H,1-2,6-7,9-16H2,(H,23,26). The zero-order chi connectivity index (χ0) is 19.1. The molecule has 0 radical (unpaired) electrons. The number of carbonyl (C=O) groups is 2. The summed E-state index contributed by atoms with van der Waals surface area (Å²) in [6, 6.07) is 8.03. The molecule has 1 saturated heterocycles. The number of carbonyl (C=O) groups excluding carboxylic acids is 2. The van der Waals surface area contributed by atoms with Gasteiger partial charge in [0.1, 0.15) is 0 Å². The normalized spacial score (nSPS) is 18.6. The molecule has 0 unspecified atom stereocenters. The molecule has 1 aromatic carbocycles. The number of amides is 2. The minimum absolute atomic E-state index is 0.0980. The molecule has 3 rings (SSSR count). The zero-order valence-corrected chi connectivity index (χ0v) is 17.5. The number of nitrogens with one attached hydrogen (secondary N) is 1. The lowest BCUT2D eigenvalue weighted by Crippen LogP contribution is -2.51. The fourth-order valence-corrected chi connectivity index (χ4v) is 4.50. The Morgan fingerprint density at radius 2 is 1.78 bits per heavy atom. The van der Waals surface area contributed by atoms with Crippen molar-refractivity contribution in [1.82, 2.24) is 15.1 Å². The van der Waals surface area contributed by atoms with Crippen LogP contribution in [0.5, 0.6) is 0 Å². The second-order valence-corrected chi connectivity index (χ2v) is 8.44. The van der Waals surface area contributed by atoms with Crippen molar-refractivity contribution in [2.75, 3.05) is 39.3 Å². The molecular formula is C21H30BrN3O2. The Bertz CT molecular complexity index is 638. The Kier molecular flexibility index (Phi) is 7.70. The molecule has 0 aromatic heterocycles. The average molecular weight is 436 g/mol. The first-order valence-corrected chi connectivity index (χ1v) is 10.9. The first-order valence-electron chi connectivity index (χ1n) is 10.1. The first-order chi connectivity index (χ1) is 13.1. The SMILES string of the molecule is O=C(CCc1ccccc1Br)NCCN1CCN(C(=O)C2CCCC2)CC1. The van der Waals surface area contributed by atoms with E-state index < -0.39 is 0 Å². The third-order valence-corrected chi connectivity index (χ3v) is 6.49. The number of nitrogens with zero attached hydrogens (tertiary/aromatic N) is 2. The summed E-state index contributed by atoms with van der Waals surface area (Å²) in [6.45, 7) is 4.99. The lowest BCUT2D eigenvalue weighted by molar-refractivity contribution is -0.137. The van der Waals surface area contributed by atoms with Crippen LogP contribution in [0.1, 0.15) is 37.7 Å². The van der Waals surface area contributed by atoms with E-state index in [9.17, 15) is 9.59 Å². The molecule has 1 heterocycles. The van der Waals surface area contributed by atoms with Crippen molar-refractivity contribution in [3.05, 3.63) is 34.3 Å². The molecule has 6 heteroatoms. The number of hydrogen-bond donors (Lipinski definition) is 1. The van der Waals surface area contributed by atoms with E-state index in [0.29, 0.717) is 18.9 Å². The van der Waals surface area contributed by atoms with Gasteiger partial charge in [-0.15, -0.1) is 0 Å². The molecule has 27 heavy (non-hydrogen) atoms. The van der Waals surface area contributed by atoms with Crippen LogP contribution in [0.15, 0.2) is 28.7 Å². The van der Waals surface area contributed by atoms with Crippen molar-refractivity contribution in [3.8, 4) is 0 Å². The summed E-state index contributed by atoms with van der Waals surface area (Å²) >= 11 is 3.52. The van der Waals surface area contributed by atoms with E-state index in [1.54, 1.807) is 0 Å². The maximum atomic E-state index is 12.5. The molecule has 1 aliphatic carbocycles. The lowest BCUT2D eigenvalue weighted by Gasteiger charge is -2.36. The van der Waals surface area contributed by atoms with E-state index >= 15 is 0 Å². The molecular weight excluding hydrogens is 406 g/mol. The fourth-order valence-electron chi connectivity index (χ4n) is 4.01. The second-order valence-electron chi connectivity index (χ2n) is 7.59. The Balaban J connectivity index is 1.29. The van der Waals surface area contributed by atoms with Crippen LogP contribution in [0, 0.1) is 5.92 Å². The number of benzene rings is 1. The van der Waals surface area contributed by atoms with Crippen LogP contribution >= 0.6 is 15.9 Å². The monoisotopic (exact) mass is 435 g/mol. The summed E-state index contributed by atoms with van der Waals surface area (Å²) in [6.07, 6.45) is 5.81. The maximum absolute atomic E-state index is 12.5. The minimum atomic E-state index is 0.0980. The average Bonchev–Trinajstić information content (AvgIpc) is 3.22. The van der Waals surface area contributed by atoms with E-state index in [2.05, 4.69) is 26.1 Å². The van der Waals surface area contributed by atoms with Crippen molar-refractivity contribution >= 4 is 27.7 Å². The van der Waals surface area contributed by atoms with Crippen molar-refractivity contribution in [3.63, 3.8) is 0 Å². The molecule has 0 bridgehead atoms. The van der Waals surface area contributed by atoms with Gasteiger partial charge in [0.15, 0.2) is 0 Å². The molecule has 2 amide bonds. The van der Waals surface area contributed by atoms with Crippen molar-refractivity contribution in [1.29, 1.82) is 0 Å². The van der Waals surface area contributed by atoms with Gasteiger partial charge in [-0.1, -0.05) is 47.0 Å². The Hall–Kier alpha value is -1.40. The summed E-state index contributed by atoms with van der Waals surface area (Å²) < 4.78 is 1.06. The highest BCUT2D eigenvalue weighted by molar-refractivity contribution is 9.10. The molecule has 148 valence electrons. The summed E-state index contributed by atoms with van der Waals surface area (Å²) in [5, 5.41) is 3.02. The topological polar surface area (TPSA) is 52.7 Å². The Morgan fingerprint density at radius 1 is 1.07 bits per heavy atom. The van der Waals surface area contributed by atoms with Crippen molar-refractivity contribution in [2.24, 2.45) is 5.92 Å². The molecule has 0 atom stereocenters. The summed E-state index contributed by atoms with van der Waals surface area (Å²) in [4.78, 5) is 28.9. The van der Waals surface area contributed by atoms with E-state index in [0.717, 1.165) is 62.0 Å². The number of piperazine rings is 1. The number of aryl methyl sites for hydroxylation is 1. The van der Waals surface area contributed by atoms with E-state index in [-0.39, 0.29) is 11.8 Å². The minimum Gasteiger partial charge on any atom is -0.355 e. The van der Waals surface area contributed by atoms with Gasteiger partial charge in [0.2, 0.25) is 11.8 Å². The summed E-state index contributed by atoms with van der Waals surface area (Å²) in [7, 11) is 0. The van der Waals surface area contributed by atoms with E-state index in [4.69, 9.17) is 0 Å². The molecule has 1 saturated carbocycles. The predicted molar refractivity (Wildman–Crippen MR) is 110 cm³/mol. The van der Waals surface area contributed by atoms with Gasteiger partial charge >= 0.3 is 0 Å². The van der Waals surface area contributed by atoms with Gasteiger partial charge in [-0.25, -0.2) is 0 Å². The summed E-state index contributed by atoms with van der Waals surface area (Å²) in [5.74, 6) is 0.744. The van der Waals surface area contributed by atoms with Crippen LogP contribution in [0.3, 0.4) is 0 Å². The third kappa shape index (κ3) is 6.04. The number of rotatable bonds is 7. The van der Waals surface area contributed by atoms with Gasteiger partial charge in [0.05, 0.1) is 0 Å². The van der Waals surface area contributed by atoms with E-state index in [1.807, 2.05) is 29.2 Å². The van der Waals surface area contributed by atoms with Crippen LogP contribution in [-0.4, -0.2) is 60.9 Å². The van der Waals surface area contributed by atoms with Crippen LogP contribution < -0.4 is 5.32 Å². The molecule has 1 aliphatic heterocycles. The first kappa shape index (κ1) is 20.3. The maximum Gasteiger partial charge on any atom is 0.225 e. The molecule has 1 N–H and O–H groups in total. The van der Waals surface area contributed by atoms with Gasteiger partial charge < -0.3 is 10.2 Å². The van der Waals surface area contributed by atoms with Gasteiger partial charge in [0, 0.05) is 56.1 Å². The van der Waals surface area contributed by atoms with Crippen LogP contribution in [0.25, 0.3) is 0 Å². The van der Waals surface area contributed by atoms with Crippen LogP contribution in [0.4, 0.5) is 0 Å². The smallest absolute Gasteiger partial charge is 0.225 e. The number of hydrogen-bond acceptors (Lipinski definition) is 3. The quantitative estimate of drug-likeness (QED) is 0.716. The highest BCUT2D eigenvalue weighted by Gasteiger charge is 2.29. The molecule has 1 aromatic rings. The number of halogens is 1. The second kappa shape index (κ2) is 10.2. The Labute approximate surface area is 170 Å². The van der Waals surface area contributed by atoms with Gasteiger partial charge in [0.25, 0.3) is 0 Å². The van der Waals surface area contributed by atoms with Crippen LogP contribution in [0.2, 0.25) is 0 Å². The van der Waals surface area contributed by atoms with Crippen LogP contribution in [-0.2, 0) is 16.0 Å². The fraction of sp³-hybridized carbons (Fsp3) is 0.619. The Morgan fingerprint density at radius 3 is 2.48 bits per heavy atom. The molecule has 2 fully saturated rings. The largest absolute Gasteiger partial charge is 0.355 e. The van der Waals surface area contributed by atoms with Crippen molar-refractivity contribution in [2.45, 2.75) is 38.5 Å². The van der Waals surface area contributed by atoms with E-state index in [1.165, 1.54) is 12.8 Å². The summed E-state index contributed by atoms with van der Waals surface area (Å²) in [5.41, 5.74) is 1.16. The third-order valence-electron chi connectivity index (χ3n) is 5.72.